The maximum atomic E-state index is 12.7. The zero-order chi connectivity index (χ0) is 16.7. The number of hydrogen-bond acceptors (Lipinski definition) is 5. The van der Waals surface area contributed by atoms with Gasteiger partial charge >= 0.3 is 0 Å². The Morgan fingerprint density at radius 1 is 1.17 bits per heavy atom. The molecule has 0 aliphatic carbocycles. The van der Waals surface area contributed by atoms with Crippen LogP contribution in [0.5, 0.6) is 0 Å². The second kappa shape index (κ2) is 6.11. The number of carbonyl (C=O) groups excluding carboxylic acids is 1. The first kappa shape index (κ1) is 16.0. The number of likely N-dealkylation sites (tertiary alicyclic amines) is 1. The lowest BCUT2D eigenvalue weighted by molar-refractivity contribution is -0.141. The van der Waals surface area contributed by atoms with Crippen molar-refractivity contribution in [2.24, 2.45) is 0 Å². The van der Waals surface area contributed by atoms with Crippen LogP contribution in [-0.4, -0.2) is 75.6 Å². The van der Waals surface area contributed by atoms with E-state index in [0.717, 1.165) is 26.3 Å². The highest BCUT2D eigenvalue weighted by atomic mass is 32.2. The average molecular weight is 351 g/mol. The molecule has 3 aliphatic heterocycles. The number of carbonyl (C=O) groups is 1. The fraction of sp³-hybridized carbons (Fsp3) is 0.562. The highest BCUT2D eigenvalue weighted by Crippen LogP contribution is 2.25. The largest absolute Gasteiger partial charge is 0.379 e. The molecule has 3 heterocycles. The Labute approximate surface area is 141 Å². The van der Waals surface area contributed by atoms with E-state index >= 15 is 0 Å². The van der Waals surface area contributed by atoms with Crippen LogP contribution in [0.4, 0.5) is 0 Å². The number of benzene rings is 1. The maximum absolute atomic E-state index is 12.7. The first-order valence-electron chi connectivity index (χ1n) is 8.25. The van der Waals surface area contributed by atoms with Crippen LogP contribution in [0.25, 0.3) is 0 Å². The Morgan fingerprint density at radius 2 is 1.88 bits per heavy atom. The van der Waals surface area contributed by atoms with Gasteiger partial charge in [0.25, 0.3) is 0 Å². The lowest BCUT2D eigenvalue weighted by Crippen LogP contribution is -2.66. The van der Waals surface area contributed by atoms with Gasteiger partial charge in [-0.1, -0.05) is 18.2 Å². The minimum absolute atomic E-state index is 0.127. The van der Waals surface area contributed by atoms with Crippen LogP contribution >= 0.6 is 0 Å². The molecule has 0 aromatic heterocycles. The first-order chi connectivity index (χ1) is 11.5. The molecule has 7 nitrogen and oxygen atoms in total. The summed E-state index contributed by atoms with van der Waals surface area (Å²) >= 11 is 0. The third-order valence-corrected chi connectivity index (χ3v) is 6.59. The van der Waals surface area contributed by atoms with Crippen LogP contribution in [-0.2, 0) is 26.0 Å². The average Bonchev–Trinajstić information content (AvgIpc) is 2.54. The molecule has 1 aromatic rings. The summed E-state index contributed by atoms with van der Waals surface area (Å²) in [5.41, 5.74) is 0.708. The number of nitrogens with zero attached hydrogens (tertiary/aromatic N) is 2. The predicted molar refractivity (Wildman–Crippen MR) is 87.0 cm³/mol. The van der Waals surface area contributed by atoms with E-state index in [-0.39, 0.29) is 10.8 Å². The third-order valence-electron chi connectivity index (χ3n) is 5.02. The molecule has 130 valence electrons. The topological polar surface area (TPSA) is 79.0 Å². The van der Waals surface area contributed by atoms with Crippen LogP contribution in [0, 0.1) is 0 Å². The van der Waals surface area contributed by atoms with Crippen molar-refractivity contribution in [3.63, 3.8) is 0 Å². The van der Waals surface area contributed by atoms with Gasteiger partial charge in [0.1, 0.15) is 6.04 Å². The van der Waals surface area contributed by atoms with E-state index < -0.39 is 16.1 Å². The van der Waals surface area contributed by atoms with E-state index in [2.05, 4.69) is 9.62 Å². The molecule has 0 radical (unpaired) electrons. The van der Waals surface area contributed by atoms with Crippen molar-refractivity contribution in [2.45, 2.75) is 23.4 Å². The van der Waals surface area contributed by atoms with Crippen LogP contribution in [0.3, 0.4) is 0 Å². The summed E-state index contributed by atoms with van der Waals surface area (Å²) in [5, 5.41) is 0. The van der Waals surface area contributed by atoms with E-state index in [1.165, 1.54) is 0 Å². The van der Waals surface area contributed by atoms with Gasteiger partial charge in [-0.05, 0) is 18.1 Å². The van der Waals surface area contributed by atoms with E-state index in [1.54, 1.807) is 29.2 Å². The van der Waals surface area contributed by atoms with Crippen molar-refractivity contribution >= 4 is 15.9 Å². The summed E-state index contributed by atoms with van der Waals surface area (Å²) < 4.78 is 32.5. The van der Waals surface area contributed by atoms with Crippen LogP contribution in [0.1, 0.15) is 5.56 Å². The van der Waals surface area contributed by atoms with E-state index in [1.807, 2.05) is 0 Å². The lowest BCUT2D eigenvalue weighted by atomic mass is 10.0. The fourth-order valence-electron chi connectivity index (χ4n) is 3.61. The summed E-state index contributed by atoms with van der Waals surface area (Å²) in [6.07, 6.45) is 0.410. The van der Waals surface area contributed by atoms with Crippen molar-refractivity contribution in [3.05, 3.63) is 29.8 Å². The molecular weight excluding hydrogens is 330 g/mol. The zero-order valence-electron chi connectivity index (χ0n) is 13.3. The number of nitrogens with one attached hydrogen (secondary N) is 1. The number of hydrogen-bond donors (Lipinski definition) is 1. The van der Waals surface area contributed by atoms with Gasteiger partial charge in [-0.3, -0.25) is 9.69 Å². The summed E-state index contributed by atoms with van der Waals surface area (Å²) in [7, 11) is -3.61. The second-order valence-electron chi connectivity index (χ2n) is 6.53. The third kappa shape index (κ3) is 2.83. The molecule has 1 atom stereocenters. The quantitative estimate of drug-likeness (QED) is 0.772. The molecule has 2 fully saturated rings. The molecule has 1 amide bonds. The lowest BCUT2D eigenvalue weighted by Gasteiger charge is -2.47. The minimum Gasteiger partial charge on any atom is -0.379 e. The molecule has 1 N–H and O–H groups in total. The summed E-state index contributed by atoms with van der Waals surface area (Å²) in [4.78, 5) is 17.0. The van der Waals surface area contributed by atoms with Gasteiger partial charge in [-0.25, -0.2) is 8.42 Å². The van der Waals surface area contributed by atoms with Gasteiger partial charge < -0.3 is 9.64 Å². The molecule has 4 rings (SSSR count). The number of sulfonamides is 1. The summed E-state index contributed by atoms with van der Waals surface area (Å²) in [6.45, 7) is 4.61. The van der Waals surface area contributed by atoms with Gasteiger partial charge in [-0.15, -0.1) is 0 Å². The van der Waals surface area contributed by atoms with E-state index in [4.69, 9.17) is 4.74 Å². The Bertz CT molecular complexity index is 739. The van der Waals surface area contributed by atoms with Crippen molar-refractivity contribution in [3.8, 4) is 0 Å². The van der Waals surface area contributed by atoms with Gasteiger partial charge in [0.15, 0.2) is 0 Å². The van der Waals surface area contributed by atoms with E-state index in [0.29, 0.717) is 31.1 Å². The maximum Gasteiger partial charge on any atom is 0.241 e. The van der Waals surface area contributed by atoms with Crippen molar-refractivity contribution in [1.29, 1.82) is 0 Å². The van der Waals surface area contributed by atoms with E-state index in [9.17, 15) is 13.2 Å². The highest BCUT2D eigenvalue weighted by molar-refractivity contribution is 7.89. The van der Waals surface area contributed by atoms with Crippen LogP contribution in [0.15, 0.2) is 29.2 Å². The number of morpholine rings is 1. The normalized spacial score (nSPS) is 27.3. The molecule has 0 unspecified atom stereocenters. The van der Waals surface area contributed by atoms with Crippen molar-refractivity contribution in [2.75, 3.05) is 39.4 Å². The van der Waals surface area contributed by atoms with Gasteiger partial charge in [0.05, 0.1) is 18.1 Å². The minimum atomic E-state index is -3.61. The van der Waals surface area contributed by atoms with Crippen LogP contribution in [0.2, 0.25) is 0 Å². The molecule has 24 heavy (non-hydrogen) atoms. The first-order valence-corrected chi connectivity index (χ1v) is 9.74. The number of ether oxygens (including phenoxy) is 1. The molecule has 0 spiro atoms. The van der Waals surface area contributed by atoms with Gasteiger partial charge in [0.2, 0.25) is 15.9 Å². The van der Waals surface area contributed by atoms with Crippen molar-refractivity contribution < 1.29 is 17.9 Å². The second-order valence-corrected chi connectivity index (χ2v) is 8.21. The van der Waals surface area contributed by atoms with Crippen molar-refractivity contribution in [1.82, 2.24) is 14.5 Å². The Hall–Kier alpha value is -1.48. The van der Waals surface area contributed by atoms with Crippen LogP contribution < -0.4 is 4.72 Å². The van der Waals surface area contributed by atoms with Gasteiger partial charge in [-0.2, -0.15) is 4.72 Å². The smallest absolute Gasteiger partial charge is 0.241 e. The standard InChI is InChI=1S/C16H21N3O4S/c20-16(19-10-13(11-19)18-5-7-23-8-6-18)14-9-12-3-1-2-4-15(12)24(21,22)17-14/h1-4,13-14,17H,5-11H2/t14-/m0/s1. The molecule has 1 aromatic carbocycles. The molecule has 0 bridgehead atoms. The number of amides is 1. The highest BCUT2D eigenvalue weighted by Gasteiger charge is 2.41. The summed E-state index contributed by atoms with van der Waals surface area (Å²) in [6, 6.07) is 6.53. The number of rotatable bonds is 2. The Kier molecular flexibility index (Phi) is 4.07. The molecular formula is C16H21N3O4S. The monoisotopic (exact) mass is 351 g/mol. The summed E-state index contributed by atoms with van der Waals surface area (Å²) in [5.74, 6) is -0.127. The zero-order valence-corrected chi connectivity index (χ0v) is 14.2. The SMILES string of the molecule is O=C([C@@H]1Cc2ccccc2S(=O)(=O)N1)N1CC(N2CCOCC2)C1. The predicted octanol–water partition coefficient (Wildman–Crippen LogP) is -0.567. The number of fused-ring (bicyclic) bond motifs is 1. The molecule has 8 heteroatoms. The van der Waals surface area contributed by atoms with Gasteiger partial charge in [0, 0.05) is 32.2 Å². The Balaban J connectivity index is 1.42. The molecule has 3 aliphatic rings. The molecule has 2 saturated heterocycles. The Morgan fingerprint density at radius 3 is 2.62 bits per heavy atom. The molecule has 0 saturated carbocycles. The fourth-order valence-corrected chi connectivity index (χ4v) is 5.05.